The molecule has 2 N–H and O–H groups in total. The van der Waals surface area contributed by atoms with Crippen LogP contribution in [0.5, 0.6) is 0 Å². The number of carbonyl (C=O) groups excluding carboxylic acids is 1. The van der Waals surface area contributed by atoms with Gasteiger partial charge in [-0.25, -0.2) is 4.98 Å². The number of aromatic nitrogens is 3. The third kappa shape index (κ3) is 3.92. The van der Waals surface area contributed by atoms with Gasteiger partial charge in [-0.3, -0.25) is 4.79 Å². The Kier molecular flexibility index (Phi) is 5.63. The Morgan fingerprint density at radius 3 is 2.87 bits per heavy atom. The molecule has 4 heterocycles. The van der Waals surface area contributed by atoms with Crippen LogP contribution in [-0.2, 0) is 17.6 Å². The molecule has 0 spiro atoms. The topological polar surface area (TPSA) is 74.6 Å². The van der Waals surface area contributed by atoms with E-state index in [1.165, 1.54) is 43.4 Å². The van der Waals surface area contributed by atoms with Crippen LogP contribution in [0.25, 0.3) is 5.65 Å². The molecule has 2 aromatic rings. The number of nitrogens with one attached hydrogen (secondary N) is 2. The molecule has 30 heavy (non-hydrogen) atoms. The predicted octanol–water partition coefficient (Wildman–Crippen LogP) is 2.33. The summed E-state index contributed by atoms with van der Waals surface area (Å²) in [5.74, 6) is 2.22. The average molecular weight is 411 g/mol. The number of nitrogens with zero attached hydrogens (tertiary/aromatic N) is 4. The zero-order valence-corrected chi connectivity index (χ0v) is 18.1. The third-order valence-corrected chi connectivity index (χ3v) is 7.13. The van der Waals surface area contributed by atoms with E-state index in [0.29, 0.717) is 0 Å². The smallest absolute Gasteiger partial charge is 0.226 e. The second-order valence-corrected chi connectivity index (χ2v) is 9.46. The van der Waals surface area contributed by atoms with Crippen molar-refractivity contribution in [3.05, 3.63) is 23.5 Å². The van der Waals surface area contributed by atoms with Gasteiger partial charge in [-0.05, 0) is 32.2 Å². The second kappa shape index (κ2) is 8.53. The minimum Gasteiger partial charge on any atom is -0.354 e. The summed E-state index contributed by atoms with van der Waals surface area (Å²) in [6.45, 7) is 5.63. The molecule has 2 aromatic heterocycles. The number of hydrogen-bond donors (Lipinski definition) is 2. The van der Waals surface area contributed by atoms with E-state index in [9.17, 15) is 4.79 Å². The van der Waals surface area contributed by atoms with Gasteiger partial charge in [0.15, 0.2) is 5.65 Å². The Bertz CT molecular complexity index is 896. The molecule has 2 fully saturated rings. The van der Waals surface area contributed by atoms with Gasteiger partial charge in [-0.2, -0.15) is 9.61 Å². The van der Waals surface area contributed by atoms with Crippen LogP contribution < -0.4 is 15.5 Å². The van der Waals surface area contributed by atoms with Crippen molar-refractivity contribution in [2.75, 3.05) is 31.1 Å². The average Bonchev–Trinajstić information content (AvgIpc) is 3.03. The van der Waals surface area contributed by atoms with E-state index in [-0.39, 0.29) is 17.9 Å². The van der Waals surface area contributed by atoms with Gasteiger partial charge in [0.25, 0.3) is 0 Å². The molecule has 1 aliphatic carbocycles. The summed E-state index contributed by atoms with van der Waals surface area (Å²) in [6, 6.07) is 2.25. The maximum absolute atomic E-state index is 12.8. The molecule has 162 valence electrons. The van der Waals surface area contributed by atoms with Crippen molar-refractivity contribution >= 4 is 17.4 Å². The Balaban J connectivity index is 1.24. The largest absolute Gasteiger partial charge is 0.354 e. The SMILES string of the molecule is CC(CC1CCCCC1)NC(=O)C1CN(c2c3c(nc4ccnn24)CCNCC3)C1. The van der Waals surface area contributed by atoms with Gasteiger partial charge < -0.3 is 15.5 Å². The van der Waals surface area contributed by atoms with E-state index in [0.717, 1.165) is 62.8 Å². The normalized spacial score (nSPS) is 21.7. The van der Waals surface area contributed by atoms with Crippen molar-refractivity contribution < 1.29 is 4.79 Å². The Labute approximate surface area is 178 Å². The fourth-order valence-electron chi connectivity index (χ4n) is 5.50. The highest BCUT2D eigenvalue weighted by atomic mass is 16.2. The van der Waals surface area contributed by atoms with Crippen LogP contribution in [0.2, 0.25) is 0 Å². The molecule has 1 saturated carbocycles. The Hall–Kier alpha value is -2.15. The lowest BCUT2D eigenvalue weighted by Crippen LogP contribution is -2.56. The number of amides is 1. The van der Waals surface area contributed by atoms with Crippen LogP contribution >= 0.6 is 0 Å². The highest BCUT2D eigenvalue weighted by molar-refractivity contribution is 5.82. The molecular formula is C23H34N6O. The van der Waals surface area contributed by atoms with E-state index < -0.39 is 0 Å². The zero-order valence-electron chi connectivity index (χ0n) is 18.1. The van der Waals surface area contributed by atoms with Crippen molar-refractivity contribution in [3.63, 3.8) is 0 Å². The molecule has 1 saturated heterocycles. The van der Waals surface area contributed by atoms with Crippen molar-refractivity contribution in [3.8, 4) is 0 Å². The molecule has 5 rings (SSSR count). The molecule has 0 bridgehead atoms. The van der Waals surface area contributed by atoms with Gasteiger partial charge in [-0.15, -0.1) is 0 Å². The van der Waals surface area contributed by atoms with Crippen LogP contribution in [0.15, 0.2) is 12.3 Å². The van der Waals surface area contributed by atoms with Gasteiger partial charge in [0, 0.05) is 43.7 Å². The highest BCUT2D eigenvalue weighted by Gasteiger charge is 2.36. The molecule has 3 aliphatic rings. The summed E-state index contributed by atoms with van der Waals surface area (Å²) >= 11 is 0. The fourth-order valence-corrected chi connectivity index (χ4v) is 5.50. The zero-order chi connectivity index (χ0) is 20.5. The van der Waals surface area contributed by atoms with Crippen LogP contribution in [-0.4, -0.2) is 52.7 Å². The summed E-state index contributed by atoms with van der Waals surface area (Å²) in [7, 11) is 0. The first-order valence-electron chi connectivity index (χ1n) is 11.8. The van der Waals surface area contributed by atoms with Crippen LogP contribution in [0.4, 0.5) is 5.82 Å². The molecule has 1 unspecified atom stereocenters. The molecule has 7 nitrogen and oxygen atoms in total. The van der Waals surface area contributed by atoms with Gasteiger partial charge >= 0.3 is 0 Å². The van der Waals surface area contributed by atoms with Crippen molar-refractivity contribution in [2.24, 2.45) is 11.8 Å². The number of hydrogen-bond acceptors (Lipinski definition) is 5. The van der Waals surface area contributed by atoms with Gasteiger partial charge in [0.1, 0.15) is 5.82 Å². The van der Waals surface area contributed by atoms with E-state index in [2.05, 4.69) is 27.6 Å². The van der Waals surface area contributed by atoms with Crippen LogP contribution in [0.1, 0.15) is 56.7 Å². The van der Waals surface area contributed by atoms with Crippen molar-refractivity contribution in [1.82, 2.24) is 25.2 Å². The number of rotatable bonds is 5. The number of carbonyl (C=O) groups is 1. The standard InChI is InChI=1S/C23H34N6O/c1-16(13-17-5-3-2-4-6-17)26-22(30)18-14-28(15-18)23-19-7-10-24-11-8-20(19)27-21-9-12-25-29(21)23/h9,12,16-18,24H,2-8,10-11,13-15H2,1H3,(H,26,30). The molecule has 1 amide bonds. The van der Waals surface area contributed by atoms with E-state index in [1.807, 2.05) is 16.8 Å². The van der Waals surface area contributed by atoms with Gasteiger partial charge in [-0.1, -0.05) is 32.1 Å². The fraction of sp³-hybridized carbons (Fsp3) is 0.696. The Morgan fingerprint density at radius 1 is 1.23 bits per heavy atom. The summed E-state index contributed by atoms with van der Waals surface area (Å²) in [5, 5.41) is 11.3. The van der Waals surface area contributed by atoms with Gasteiger partial charge in [0.2, 0.25) is 5.91 Å². The number of anilines is 1. The summed E-state index contributed by atoms with van der Waals surface area (Å²) in [5.41, 5.74) is 3.37. The summed E-state index contributed by atoms with van der Waals surface area (Å²) in [6.07, 6.45) is 11.6. The Morgan fingerprint density at radius 2 is 2.03 bits per heavy atom. The summed E-state index contributed by atoms with van der Waals surface area (Å²) < 4.78 is 1.96. The van der Waals surface area contributed by atoms with E-state index in [1.54, 1.807) is 0 Å². The quantitative estimate of drug-likeness (QED) is 0.791. The molecule has 7 heteroatoms. The van der Waals surface area contributed by atoms with Crippen molar-refractivity contribution in [1.29, 1.82) is 0 Å². The lowest BCUT2D eigenvalue weighted by molar-refractivity contribution is -0.126. The predicted molar refractivity (Wildman–Crippen MR) is 118 cm³/mol. The minimum atomic E-state index is 0.0668. The highest BCUT2D eigenvalue weighted by Crippen LogP contribution is 2.32. The minimum absolute atomic E-state index is 0.0668. The van der Waals surface area contributed by atoms with E-state index >= 15 is 0 Å². The maximum atomic E-state index is 12.8. The molecule has 2 aliphatic heterocycles. The molecule has 0 radical (unpaired) electrons. The first-order valence-corrected chi connectivity index (χ1v) is 11.8. The van der Waals surface area contributed by atoms with E-state index in [4.69, 9.17) is 4.98 Å². The maximum Gasteiger partial charge on any atom is 0.226 e. The van der Waals surface area contributed by atoms with Crippen molar-refractivity contribution in [2.45, 2.75) is 64.3 Å². The van der Waals surface area contributed by atoms with Gasteiger partial charge in [0.05, 0.1) is 17.8 Å². The first-order chi connectivity index (χ1) is 14.7. The summed E-state index contributed by atoms with van der Waals surface area (Å²) in [4.78, 5) is 20.0. The lowest BCUT2D eigenvalue weighted by Gasteiger charge is -2.41. The van der Waals surface area contributed by atoms with Crippen LogP contribution in [0.3, 0.4) is 0 Å². The lowest BCUT2D eigenvalue weighted by atomic mass is 9.85. The molecule has 1 atom stereocenters. The second-order valence-electron chi connectivity index (χ2n) is 9.46. The molecule has 0 aromatic carbocycles. The number of fused-ring (bicyclic) bond motifs is 2. The third-order valence-electron chi connectivity index (χ3n) is 7.13. The van der Waals surface area contributed by atoms with Crippen LogP contribution in [0, 0.1) is 11.8 Å². The first kappa shape index (κ1) is 19.8. The monoisotopic (exact) mass is 410 g/mol. The molecular weight excluding hydrogens is 376 g/mol.